The Morgan fingerprint density at radius 1 is 1.78 bits per heavy atom. The number of hydrogen-bond acceptors (Lipinski definition) is 4. The summed E-state index contributed by atoms with van der Waals surface area (Å²) in [6.07, 6.45) is 0.248. The number of ether oxygens (including phenoxy) is 2. The van der Waals surface area contributed by atoms with E-state index in [-0.39, 0.29) is 12.3 Å². The topological polar surface area (TPSA) is 50.9 Å². The van der Waals surface area contributed by atoms with Crippen LogP contribution in [0, 0.1) is 0 Å². The lowest BCUT2D eigenvalue weighted by atomic mass is 10.4. The zero-order valence-electron chi connectivity index (χ0n) is 4.74. The van der Waals surface area contributed by atoms with Crippen LogP contribution in [0.2, 0.25) is 0 Å². The van der Waals surface area contributed by atoms with Gasteiger partial charge in [0.25, 0.3) is 6.47 Å². The largest absolute Gasteiger partial charge is 0.446 e. The smallest absolute Gasteiger partial charge is 0.294 e. The normalized spacial score (nSPS) is 46.0. The highest BCUT2D eigenvalue weighted by Crippen LogP contribution is 2.30. The molecular weight excluding hydrogens is 122 g/mol. The molecule has 2 rings (SSSR count). The van der Waals surface area contributed by atoms with E-state index in [1.165, 1.54) is 0 Å². The van der Waals surface area contributed by atoms with Crippen molar-refractivity contribution in [3.8, 4) is 0 Å². The molecule has 50 valence electrons. The van der Waals surface area contributed by atoms with E-state index in [4.69, 9.17) is 4.74 Å². The maximum atomic E-state index is 9.81. The number of carbonyl (C=O) groups is 1. The Bertz CT molecular complexity index is 138. The lowest BCUT2D eigenvalue weighted by Crippen LogP contribution is -2.31. The van der Waals surface area contributed by atoms with Crippen LogP contribution in [0.25, 0.3) is 0 Å². The molecule has 4 heteroatoms. The van der Waals surface area contributed by atoms with E-state index < -0.39 is 0 Å². The fourth-order valence-electron chi connectivity index (χ4n) is 1.12. The van der Waals surface area contributed by atoms with Crippen LogP contribution < -0.4 is 5.32 Å². The summed E-state index contributed by atoms with van der Waals surface area (Å²) in [4.78, 5) is 9.81. The summed E-state index contributed by atoms with van der Waals surface area (Å²) in [5.74, 6) is 0. The third kappa shape index (κ3) is 0.710. The van der Waals surface area contributed by atoms with Crippen molar-refractivity contribution >= 4 is 6.47 Å². The van der Waals surface area contributed by atoms with Crippen LogP contribution in [0.15, 0.2) is 0 Å². The van der Waals surface area contributed by atoms with Gasteiger partial charge in [0.2, 0.25) is 0 Å². The van der Waals surface area contributed by atoms with Crippen LogP contribution in [-0.2, 0) is 14.3 Å². The zero-order chi connectivity index (χ0) is 6.27. The predicted molar refractivity (Wildman–Crippen MR) is 27.6 cm³/mol. The number of fused-ring (bicyclic) bond motifs is 1. The van der Waals surface area contributed by atoms with E-state index in [0.717, 1.165) is 6.54 Å². The second-order valence-electron chi connectivity index (χ2n) is 2.20. The first kappa shape index (κ1) is 5.20. The minimum Gasteiger partial charge on any atom is -0.446 e. The second-order valence-corrected chi connectivity index (χ2v) is 2.20. The quantitative estimate of drug-likeness (QED) is 0.378. The van der Waals surface area contributed by atoms with Gasteiger partial charge in [-0.15, -0.1) is 0 Å². The first-order chi connectivity index (χ1) is 4.42. The third-order valence-electron chi connectivity index (χ3n) is 1.64. The Morgan fingerprint density at radius 3 is 3.11 bits per heavy atom. The Morgan fingerprint density at radius 2 is 2.67 bits per heavy atom. The van der Waals surface area contributed by atoms with Crippen molar-refractivity contribution in [2.45, 2.75) is 18.4 Å². The van der Waals surface area contributed by atoms with Gasteiger partial charge in [-0.05, 0) is 0 Å². The molecule has 3 atom stereocenters. The zero-order valence-corrected chi connectivity index (χ0v) is 4.74. The van der Waals surface area contributed by atoms with E-state index in [1.807, 2.05) is 0 Å². The van der Waals surface area contributed by atoms with Crippen LogP contribution in [0.5, 0.6) is 0 Å². The number of rotatable bonds is 2. The molecule has 9 heavy (non-hydrogen) atoms. The number of hydrogen-bond donors (Lipinski definition) is 1. The molecule has 1 N–H and O–H groups in total. The lowest BCUT2D eigenvalue weighted by molar-refractivity contribution is -0.135. The number of carbonyl (C=O) groups excluding carboxylic acids is 1. The van der Waals surface area contributed by atoms with Crippen molar-refractivity contribution < 1.29 is 14.3 Å². The molecule has 0 aromatic heterocycles. The minimum absolute atomic E-state index is 0.134. The molecule has 0 aromatic rings. The molecule has 2 heterocycles. The highest BCUT2D eigenvalue weighted by molar-refractivity contribution is 5.38. The molecule has 0 saturated carbocycles. The standard InChI is InChI=1S/C5H7NO3/c7-2-8-5-4-3(9-4)1-6-5/h2-6H,1H2. The third-order valence-corrected chi connectivity index (χ3v) is 1.64. The van der Waals surface area contributed by atoms with E-state index in [1.54, 1.807) is 0 Å². The van der Waals surface area contributed by atoms with E-state index >= 15 is 0 Å². The minimum atomic E-state index is -0.188. The van der Waals surface area contributed by atoms with Crippen molar-refractivity contribution in [1.82, 2.24) is 5.32 Å². The van der Waals surface area contributed by atoms with Gasteiger partial charge in [-0.25, -0.2) is 0 Å². The van der Waals surface area contributed by atoms with Crippen LogP contribution in [0.1, 0.15) is 0 Å². The predicted octanol–water partition coefficient (Wildman–Crippen LogP) is -1.14. The average molecular weight is 129 g/mol. The summed E-state index contributed by atoms with van der Waals surface area (Å²) in [6, 6.07) is 0. The van der Waals surface area contributed by atoms with Crippen LogP contribution in [0.4, 0.5) is 0 Å². The molecule has 0 spiro atoms. The first-order valence-electron chi connectivity index (χ1n) is 2.90. The summed E-state index contributed by atoms with van der Waals surface area (Å²) in [7, 11) is 0. The van der Waals surface area contributed by atoms with E-state index in [0.29, 0.717) is 12.6 Å². The van der Waals surface area contributed by atoms with E-state index in [2.05, 4.69) is 10.1 Å². The summed E-state index contributed by atoms with van der Waals surface area (Å²) in [6.45, 7) is 1.25. The molecule has 2 aliphatic heterocycles. The van der Waals surface area contributed by atoms with Gasteiger partial charge in [-0.3, -0.25) is 10.1 Å². The van der Waals surface area contributed by atoms with Gasteiger partial charge in [-0.1, -0.05) is 0 Å². The SMILES string of the molecule is O=COC1NCC2OC21. The number of nitrogens with one attached hydrogen (secondary N) is 1. The van der Waals surface area contributed by atoms with Crippen LogP contribution in [0.3, 0.4) is 0 Å². The van der Waals surface area contributed by atoms with E-state index in [9.17, 15) is 4.79 Å². The van der Waals surface area contributed by atoms with Crippen molar-refractivity contribution in [3.05, 3.63) is 0 Å². The van der Waals surface area contributed by atoms with Gasteiger partial charge in [0, 0.05) is 6.54 Å². The molecule has 4 nitrogen and oxygen atoms in total. The molecule has 2 fully saturated rings. The van der Waals surface area contributed by atoms with Crippen LogP contribution in [-0.4, -0.2) is 31.5 Å². The van der Waals surface area contributed by atoms with Gasteiger partial charge >= 0.3 is 0 Å². The molecule has 0 aromatic carbocycles. The summed E-state index contributed by atoms with van der Waals surface area (Å²) >= 11 is 0. The Labute approximate surface area is 52.1 Å². The van der Waals surface area contributed by atoms with Gasteiger partial charge in [-0.2, -0.15) is 0 Å². The number of morpholine rings is 1. The number of epoxide rings is 1. The van der Waals surface area contributed by atoms with Gasteiger partial charge in [0.1, 0.15) is 12.2 Å². The first-order valence-corrected chi connectivity index (χ1v) is 2.90. The molecular formula is C5H7NO3. The fraction of sp³-hybridized carbons (Fsp3) is 0.800. The second kappa shape index (κ2) is 1.68. The highest BCUT2D eigenvalue weighted by atomic mass is 16.6. The Hall–Kier alpha value is -0.610. The molecule has 0 aliphatic carbocycles. The lowest BCUT2D eigenvalue weighted by Gasteiger charge is -2.07. The molecule has 2 saturated heterocycles. The van der Waals surface area contributed by atoms with Crippen molar-refractivity contribution in [2.75, 3.05) is 6.54 Å². The molecule has 0 amide bonds. The van der Waals surface area contributed by atoms with Gasteiger partial charge in [0.05, 0.1) is 0 Å². The molecule has 2 aliphatic rings. The average Bonchev–Trinajstić information content (AvgIpc) is 2.54. The highest BCUT2D eigenvalue weighted by Gasteiger charge is 2.51. The summed E-state index contributed by atoms with van der Waals surface area (Å²) < 4.78 is 9.71. The molecule has 0 radical (unpaired) electrons. The fourth-order valence-corrected chi connectivity index (χ4v) is 1.12. The van der Waals surface area contributed by atoms with Crippen LogP contribution >= 0.6 is 0 Å². The van der Waals surface area contributed by atoms with Gasteiger partial charge < -0.3 is 9.47 Å². The summed E-state index contributed by atoms with van der Waals surface area (Å²) in [5, 5.41) is 2.98. The Kier molecular flexibility index (Phi) is 0.972. The van der Waals surface area contributed by atoms with Crippen molar-refractivity contribution in [2.24, 2.45) is 0 Å². The summed E-state index contributed by atoms with van der Waals surface area (Å²) in [5.41, 5.74) is 0. The Balaban J connectivity index is 1.90. The van der Waals surface area contributed by atoms with Crippen molar-refractivity contribution in [1.29, 1.82) is 0 Å². The van der Waals surface area contributed by atoms with Crippen molar-refractivity contribution in [3.63, 3.8) is 0 Å². The monoisotopic (exact) mass is 129 g/mol. The van der Waals surface area contributed by atoms with Gasteiger partial charge in [0.15, 0.2) is 6.23 Å². The molecule has 0 bridgehead atoms. The maximum Gasteiger partial charge on any atom is 0.294 e. The molecule has 3 unspecified atom stereocenters. The maximum absolute atomic E-state index is 9.81.